The minimum absolute atomic E-state index is 0.0951. The van der Waals surface area contributed by atoms with Gasteiger partial charge in [0, 0.05) is 21.0 Å². The number of halogens is 1. The molecular weight excluding hydrogens is 342 g/mol. The third kappa shape index (κ3) is 1.87. The molecule has 0 N–H and O–H groups in total. The molecule has 5 heteroatoms. The second kappa shape index (κ2) is 4.79. The van der Waals surface area contributed by atoms with E-state index in [4.69, 9.17) is 9.78 Å². The van der Waals surface area contributed by atoms with Crippen LogP contribution in [0, 0.1) is 23.8 Å². The summed E-state index contributed by atoms with van der Waals surface area (Å²) in [6.45, 7) is 1.96. The summed E-state index contributed by atoms with van der Waals surface area (Å²) < 4.78 is 6.37. The molecule has 1 aromatic heterocycles. The van der Waals surface area contributed by atoms with Crippen LogP contribution in [0.5, 0.6) is 0 Å². The molecule has 2 aliphatic rings. The quantitative estimate of drug-likeness (QED) is 0.676. The van der Waals surface area contributed by atoms with Crippen molar-refractivity contribution < 1.29 is 4.52 Å². The van der Waals surface area contributed by atoms with E-state index in [9.17, 15) is 0 Å². The maximum Gasteiger partial charge on any atom is 0.205 e. The normalized spacial score (nSPS) is 24.3. The van der Waals surface area contributed by atoms with Gasteiger partial charge in [-0.15, -0.1) is 0 Å². The molecule has 0 saturated carbocycles. The van der Waals surface area contributed by atoms with Gasteiger partial charge in [-0.1, -0.05) is 27.2 Å². The average Bonchev–Trinajstić information content (AvgIpc) is 3.00. The van der Waals surface area contributed by atoms with Gasteiger partial charge >= 0.3 is 0 Å². The zero-order chi connectivity index (χ0) is 15.3. The van der Waals surface area contributed by atoms with E-state index in [-0.39, 0.29) is 5.41 Å². The Morgan fingerprint density at radius 1 is 1.41 bits per heavy atom. The lowest BCUT2D eigenvalue weighted by atomic mass is 9.70. The van der Waals surface area contributed by atoms with Gasteiger partial charge in [0.15, 0.2) is 0 Å². The number of fused-ring (bicyclic) bond motifs is 2. The number of hydrogen-bond acceptors (Lipinski definition) is 4. The molecule has 2 aliphatic carbocycles. The zero-order valence-corrected chi connectivity index (χ0v) is 13.8. The molecule has 0 saturated heterocycles. The number of aromatic nitrogens is 1. The van der Waals surface area contributed by atoms with Crippen molar-refractivity contribution in [2.45, 2.75) is 32.6 Å². The van der Waals surface area contributed by atoms with Gasteiger partial charge in [-0.05, 0) is 50.3 Å². The summed E-state index contributed by atoms with van der Waals surface area (Å²) in [5, 5.41) is 13.3. The molecule has 0 fully saturated rings. The Hall–Kier alpha value is -1.93. The lowest BCUT2D eigenvalue weighted by molar-refractivity contribution is 0.367. The van der Waals surface area contributed by atoms with Crippen LogP contribution in [0.1, 0.15) is 34.6 Å². The first-order valence-electron chi connectivity index (χ1n) is 7.33. The van der Waals surface area contributed by atoms with Crippen LogP contribution >= 0.6 is 15.9 Å². The van der Waals surface area contributed by atoms with Crippen LogP contribution < -0.4 is 0 Å². The Bertz CT molecular complexity index is 846. The predicted octanol–water partition coefficient (Wildman–Crippen LogP) is 3.75. The van der Waals surface area contributed by atoms with Gasteiger partial charge in [0.25, 0.3) is 0 Å². The van der Waals surface area contributed by atoms with E-state index >= 15 is 0 Å². The van der Waals surface area contributed by atoms with Crippen molar-refractivity contribution in [2.75, 3.05) is 0 Å². The largest absolute Gasteiger partial charge is 0.361 e. The van der Waals surface area contributed by atoms with E-state index in [0.717, 1.165) is 52.9 Å². The van der Waals surface area contributed by atoms with Gasteiger partial charge in [-0.3, -0.25) is 0 Å². The number of nitrogens with zero attached hydrogens (tertiary/aromatic N) is 3. The van der Waals surface area contributed by atoms with Crippen molar-refractivity contribution in [2.24, 2.45) is 10.4 Å². The summed E-state index contributed by atoms with van der Waals surface area (Å²) in [7, 11) is 0. The van der Waals surface area contributed by atoms with Crippen LogP contribution in [0.25, 0.3) is 0 Å². The summed E-state index contributed by atoms with van der Waals surface area (Å²) in [4.78, 5) is 4.22. The Morgan fingerprint density at radius 2 is 2.27 bits per heavy atom. The third-order valence-electron chi connectivity index (χ3n) is 4.94. The van der Waals surface area contributed by atoms with Crippen molar-refractivity contribution >= 4 is 21.6 Å². The molecule has 1 atom stereocenters. The maximum atomic E-state index is 9.17. The number of nitriles is 1. The molecule has 0 amide bonds. The molecule has 4 rings (SSSR count). The van der Waals surface area contributed by atoms with Crippen LogP contribution in [0.2, 0.25) is 0 Å². The van der Waals surface area contributed by atoms with Crippen molar-refractivity contribution in [3.63, 3.8) is 0 Å². The van der Waals surface area contributed by atoms with Crippen LogP contribution in [0.15, 0.2) is 32.2 Å². The molecule has 1 spiro atoms. The van der Waals surface area contributed by atoms with Crippen molar-refractivity contribution in [3.8, 4) is 6.19 Å². The highest BCUT2D eigenvalue weighted by Gasteiger charge is 2.46. The number of aliphatic imine (C=N–C) groups is 1. The van der Waals surface area contributed by atoms with Crippen LogP contribution in [-0.2, 0) is 19.3 Å². The molecular formula is C17H14BrN3O. The van der Waals surface area contributed by atoms with Crippen molar-refractivity contribution in [3.05, 3.63) is 50.8 Å². The molecule has 1 aromatic carbocycles. The SMILES string of the molecule is Cc1onc2c1CC1(CC2)Cc2ccc(Br)cc2/C1=N/C#N. The first kappa shape index (κ1) is 13.7. The molecule has 1 unspecified atom stereocenters. The Balaban J connectivity index is 1.85. The van der Waals surface area contributed by atoms with Crippen LogP contribution in [0.3, 0.4) is 0 Å². The third-order valence-corrected chi connectivity index (χ3v) is 5.43. The molecule has 0 bridgehead atoms. The van der Waals surface area contributed by atoms with E-state index in [1.54, 1.807) is 0 Å². The van der Waals surface area contributed by atoms with E-state index in [0.29, 0.717) is 0 Å². The van der Waals surface area contributed by atoms with Gasteiger partial charge in [-0.2, -0.15) is 10.3 Å². The summed E-state index contributed by atoms with van der Waals surface area (Å²) in [6.07, 6.45) is 5.63. The first-order valence-corrected chi connectivity index (χ1v) is 8.12. The Kier molecular flexibility index (Phi) is 2.98. The fourth-order valence-corrected chi connectivity index (χ4v) is 4.24. The molecule has 2 aromatic rings. The smallest absolute Gasteiger partial charge is 0.205 e. The summed E-state index contributed by atoms with van der Waals surface area (Å²) >= 11 is 3.52. The monoisotopic (exact) mass is 355 g/mol. The highest BCUT2D eigenvalue weighted by Crippen LogP contribution is 2.47. The highest BCUT2D eigenvalue weighted by molar-refractivity contribution is 9.10. The van der Waals surface area contributed by atoms with Gasteiger partial charge in [0.1, 0.15) is 5.76 Å². The number of aryl methyl sites for hydroxylation is 2. The molecule has 0 aliphatic heterocycles. The second-order valence-electron chi connectivity index (χ2n) is 6.16. The molecule has 22 heavy (non-hydrogen) atoms. The number of rotatable bonds is 0. The lowest BCUT2D eigenvalue weighted by Crippen LogP contribution is -2.35. The number of benzene rings is 1. The van der Waals surface area contributed by atoms with Crippen LogP contribution in [-0.4, -0.2) is 10.9 Å². The highest BCUT2D eigenvalue weighted by atomic mass is 79.9. The van der Waals surface area contributed by atoms with E-state index < -0.39 is 0 Å². The van der Waals surface area contributed by atoms with Crippen molar-refractivity contribution in [1.29, 1.82) is 5.26 Å². The standard InChI is InChI=1S/C17H14BrN3O/c1-10-14-8-17(5-4-15(14)21-22-10)7-11-2-3-12(18)6-13(11)16(17)20-9-19/h2-3,6H,4-5,7-8H2,1H3/b20-16-. The van der Waals surface area contributed by atoms with Crippen LogP contribution in [0.4, 0.5) is 0 Å². The van der Waals surface area contributed by atoms with Gasteiger partial charge in [-0.25, -0.2) is 0 Å². The van der Waals surface area contributed by atoms with Gasteiger partial charge in [0.2, 0.25) is 6.19 Å². The molecule has 110 valence electrons. The maximum absolute atomic E-state index is 9.17. The van der Waals surface area contributed by atoms with E-state index in [2.05, 4.69) is 44.3 Å². The minimum atomic E-state index is -0.0951. The Labute approximate surface area is 137 Å². The first-order chi connectivity index (χ1) is 10.6. The topological polar surface area (TPSA) is 62.2 Å². The summed E-state index contributed by atoms with van der Waals surface area (Å²) in [6, 6.07) is 6.27. The average molecular weight is 356 g/mol. The van der Waals surface area contributed by atoms with Gasteiger partial charge < -0.3 is 4.52 Å². The minimum Gasteiger partial charge on any atom is -0.361 e. The molecule has 0 radical (unpaired) electrons. The Morgan fingerprint density at radius 3 is 3.09 bits per heavy atom. The number of hydrogen-bond donors (Lipinski definition) is 0. The van der Waals surface area contributed by atoms with Gasteiger partial charge in [0.05, 0.1) is 11.4 Å². The fraction of sp³-hybridized carbons (Fsp3) is 0.353. The fourth-order valence-electron chi connectivity index (χ4n) is 3.88. The zero-order valence-electron chi connectivity index (χ0n) is 12.2. The predicted molar refractivity (Wildman–Crippen MR) is 85.7 cm³/mol. The van der Waals surface area contributed by atoms with E-state index in [1.165, 1.54) is 11.1 Å². The van der Waals surface area contributed by atoms with Crippen molar-refractivity contribution in [1.82, 2.24) is 5.16 Å². The van der Waals surface area contributed by atoms with E-state index in [1.807, 2.05) is 13.1 Å². The second-order valence-corrected chi connectivity index (χ2v) is 7.08. The summed E-state index contributed by atoms with van der Waals surface area (Å²) in [5.74, 6) is 0.891. The molecule has 1 heterocycles. The molecule has 4 nitrogen and oxygen atoms in total. The lowest BCUT2D eigenvalue weighted by Gasteiger charge is -2.33. The summed E-state index contributed by atoms with van der Waals surface area (Å²) in [5.41, 5.74) is 5.48.